The summed E-state index contributed by atoms with van der Waals surface area (Å²) in [6.45, 7) is 2.29. The van der Waals surface area contributed by atoms with Gasteiger partial charge >= 0.3 is 0 Å². The monoisotopic (exact) mass is 419 g/mol. The number of hydrogen-bond donors (Lipinski definition) is 2. The number of nitrogens with one attached hydrogen (secondary N) is 1. The summed E-state index contributed by atoms with van der Waals surface area (Å²) in [5.41, 5.74) is 10.6. The van der Waals surface area contributed by atoms with Crippen LogP contribution in [-0.2, 0) is 6.61 Å². The zero-order chi connectivity index (χ0) is 20.2. The highest BCUT2D eigenvalue weighted by atomic mass is 35.5. The second kappa shape index (κ2) is 9.29. The first-order chi connectivity index (χ1) is 14.1. The third-order valence-electron chi connectivity index (χ3n) is 4.60. The zero-order valence-electron chi connectivity index (χ0n) is 16.5. The second-order valence-corrected chi connectivity index (χ2v) is 6.81. The number of halogens is 1. The number of para-hydroxylation sites is 1. The zero-order valence-corrected chi connectivity index (χ0v) is 17.3. The quantitative estimate of drug-likeness (QED) is 0.455. The van der Waals surface area contributed by atoms with Crippen molar-refractivity contribution in [1.82, 2.24) is 4.98 Å². The smallest absolute Gasteiger partial charge is 0.259 e. The molecule has 0 saturated heterocycles. The molecule has 0 bridgehead atoms. The molecule has 4 rings (SSSR count). The second-order valence-electron chi connectivity index (χ2n) is 6.81. The molecular formula is C24H22ClN3O2. The summed E-state index contributed by atoms with van der Waals surface area (Å²) in [5.74, 6) is 0.290. The Morgan fingerprint density at radius 1 is 1.00 bits per heavy atom. The lowest BCUT2D eigenvalue weighted by Gasteiger charge is -2.12. The summed E-state index contributed by atoms with van der Waals surface area (Å²) in [6.07, 6.45) is 0. The maximum absolute atomic E-state index is 12.9. The average Bonchev–Trinajstić information content (AvgIpc) is 2.73. The minimum Gasteiger partial charge on any atom is -0.488 e. The summed E-state index contributed by atoms with van der Waals surface area (Å²) in [5, 5.41) is 3.74. The van der Waals surface area contributed by atoms with Crippen LogP contribution in [0.4, 0.5) is 11.4 Å². The average molecular weight is 420 g/mol. The molecule has 0 aliphatic rings. The van der Waals surface area contributed by atoms with Gasteiger partial charge in [-0.1, -0.05) is 42.5 Å². The number of anilines is 2. The van der Waals surface area contributed by atoms with Crippen LogP contribution in [0.2, 0.25) is 0 Å². The molecule has 1 aromatic heterocycles. The van der Waals surface area contributed by atoms with Crippen LogP contribution >= 0.6 is 12.4 Å². The molecule has 4 aromatic rings. The predicted octanol–water partition coefficient (Wildman–Crippen LogP) is 5.38. The van der Waals surface area contributed by atoms with Gasteiger partial charge in [-0.15, -0.1) is 12.4 Å². The molecule has 30 heavy (non-hydrogen) atoms. The molecule has 0 unspecified atom stereocenters. The van der Waals surface area contributed by atoms with Crippen LogP contribution in [0.15, 0.2) is 78.9 Å². The van der Waals surface area contributed by atoms with Gasteiger partial charge in [0.05, 0.1) is 11.1 Å². The van der Waals surface area contributed by atoms with Gasteiger partial charge < -0.3 is 15.8 Å². The van der Waals surface area contributed by atoms with E-state index in [9.17, 15) is 4.79 Å². The van der Waals surface area contributed by atoms with E-state index in [0.717, 1.165) is 22.2 Å². The third kappa shape index (κ3) is 4.70. The maximum Gasteiger partial charge on any atom is 0.259 e. The number of rotatable bonds is 5. The van der Waals surface area contributed by atoms with Gasteiger partial charge in [0, 0.05) is 22.5 Å². The Kier molecular flexibility index (Phi) is 6.54. The first kappa shape index (κ1) is 21.1. The standard InChI is InChI=1S/C24H21N3O2.ClH/c1-16-13-21(25)20-14-18(11-12-22(20)26-16)27-24(28)19-9-5-6-10-23(19)29-15-17-7-3-2-4-8-17;/h2-14H,15H2,1H3,(H2,25,26)(H,27,28);1H. The van der Waals surface area contributed by atoms with Crippen molar-refractivity contribution in [3.63, 3.8) is 0 Å². The first-order valence-corrected chi connectivity index (χ1v) is 9.34. The normalized spacial score (nSPS) is 10.3. The number of carbonyl (C=O) groups is 1. The molecule has 0 fully saturated rings. The minimum absolute atomic E-state index is 0. The van der Waals surface area contributed by atoms with Crippen LogP contribution in [-0.4, -0.2) is 10.9 Å². The van der Waals surface area contributed by atoms with Crippen LogP contribution in [0.1, 0.15) is 21.6 Å². The Labute approximate surface area is 181 Å². The van der Waals surface area contributed by atoms with Gasteiger partial charge in [-0.2, -0.15) is 0 Å². The number of benzene rings is 3. The van der Waals surface area contributed by atoms with Crippen molar-refractivity contribution in [3.05, 3.63) is 95.7 Å². The first-order valence-electron chi connectivity index (χ1n) is 9.34. The largest absolute Gasteiger partial charge is 0.488 e. The van der Waals surface area contributed by atoms with E-state index in [1.54, 1.807) is 12.1 Å². The molecule has 3 N–H and O–H groups in total. The Morgan fingerprint density at radius 3 is 2.53 bits per heavy atom. The number of nitrogen functional groups attached to an aromatic ring is 1. The van der Waals surface area contributed by atoms with Gasteiger partial charge in [-0.3, -0.25) is 9.78 Å². The lowest BCUT2D eigenvalue weighted by Crippen LogP contribution is -2.13. The number of ether oxygens (including phenoxy) is 1. The van der Waals surface area contributed by atoms with E-state index in [1.165, 1.54) is 0 Å². The number of nitrogens with zero attached hydrogens (tertiary/aromatic N) is 1. The molecule has 0 aliphatic heterocycles. The topological polar surface area (TPSA) is 77.2 Å². The number of aromatic nitrogens is 1. The molecule has 1 heterocycles. The SMILES string of the molecule is Cc1cc(N)c2cc(NC(=O)c3ccccc3OCc3ccccc3)ccc2n1.Cl. The van der Waals surface area contributed by atoms with Crippen LogP contribution in [0.3, 0.4) is 0 Å². The molecule has 0 saturated carbocycles. The van der Waals surface area contributed by atoms with Crippen molar-refractivity contribution in [2.24, 2.45) is 0 Å². The van der Waals surface area contributed by atoms with Crippen LogP contribution in [0, 0.1) is 6.92 Å². The molecular weight excluding hydrogens is 398 g/mol. The molecule has 3 aromatic carbocycles. The number of carbonyl (C=O) groups excluding carboxylic acids is 1. The van der Waals surface area contributed by atoms with Gasteiger partial charge in [0.1, 0.15) is 12.4 Å². The fraction of sp³-hybridized carbons (Fsp3) is 0.0833. The Balaban J connectivity index is 0.00000256. The molecule has 0 aliphatic carbocycles. The summed E-state index contributed by atoms with van der Waals surface area (Å²) in [7, 11) is 0. The predicted molar refractivity (Wildman–Crippen MR) is 123 cm³/mol. The minimum atomic E-state index is -0.244. The van der Waals surface area contributed by atoms with Crippen molar-refractivity contribution in [2.75, 3.05) is 11.1 Å². The number of amides is 1. The lowest BCUT2D eigenvalue weighted by atomic mass is 10.1. The summed E-state index contributed by atoms with van der Waals surface area (Å²) < 4.78 is 5.89. The Bertz CT molecular complexity index is 1180. The molecule has 0 spiro atoms. The van der Waals surface area contributed by atoms with E-state index in [1.807, 2.05) is 73.7 Å². The summed E-state index contributed by atoms with van der Waals surface area (Å²) >= 11 is 0. The number of nitrogens with two attached hydrogens (primary N) is 1. The molecule has 6 heteroatoms. The van der Waals surface area contributed by atoms with E-state index in [0.29, 0.717) is 29.3 Å². The number of aryl methyl sites for hydroxylation is 1. The molecule has 0 atom stereocenters. The molecule has 152 valence electrons. The van der Waals surface area contributed by atoms with E-state index in [2.05, 4.69) is 10.3 Å². The maximum atomic E-state index is 12.9. The lowest BCUT2D eigenvalue weighted by molar-refractivity contribution is 0.102. The van der Waals surface area contributed by atoms with Gasteiger partial charge in [-0.25, -0.2) is 0 Å². The van der Waals surface area contributed by atoms with E-state index in [-0.39, 0.29) is 18.3 Å². The third-order valence-corrected chi connectivity index (χ3v) is 4.60. The van der Waals surface area contributed by atoms with E-state index in [4.69, 9.17) is 10.5 Å². The number of pyridine rings is 1. The van der Waals surface area contributed by atoms with Crippen molar-refractivity contribution in [2.45, 2.75) is 13.5 Å². The molecule has 5 nitrogen and oxygen atoms in total. The Morgan fingerprint density at radius 2 is 1.73 bits per heavy atom. The summed E-state index contributed by atoms with van der Waals surface area (Å²) in [6, 6.07) is 24.4. The van der Waals surface area contributed by atoms with E-state index >= 15 is 0 Å². The van der Waals surface area contributed by atoms with Crippen molar-refractivity contribution in [3.8, 4) is 5.75 Å². The van der Waals surface area contributed by atoms with Crippen LogP contribution in [0.25, 0.3) is 10.9 Å². The number of fused-ring (bicyclic) bond motifs is 1. The van der Waals surface area contributed by atoms with Crippen molar-refractivity contribution >= 4 is 40.6 Å². The van der Waals surface area contributed by atoms with Crippen LogP contribution in [0.5, 0.6) is 5.75 Å². The highest BCUT2D eigenvalue weighted by Crippen LogP contribution is 2.26. The van der Waals surface area contributed by atoms with E-state index < -0.39 is 0 Å². The fourth-order valence-corrected chi connectivity index (χ4v) is 3.18. The van der Waals surface area contributed by atoms with Crippen molar-refractivity contribution in [1.29, 1.82) is 0 Å². The highest BCUT2D eigenvalue weighted by molar-refractivity contribution is 6.07. The van der Waals surface area contributed by atoms with Gasteiger partial charge in [-0.05, 0) is 48.9 Å². The Hall–Kier alpha value is -3.57. The highest BCUT2D eigenvalue weighted by Gasteiger charge is 2.13. The van der Waals surface area contributed by atoms with Gasteiger partial charge in [0.15, 0.2) is 0 Å². The molecule has 1 amide bonds. The summed E-state index contributed by atoms with van der Waals surface area (Å²) in [4.78, 5) is 17.4. The van der Waals surface area contributed by atoms with Gasteiger partial charge in [0.2, 0.25) is 0 Å². The molecule has 0 radical (unpaired) electrons. The van der Waals surface area contributed by atoms with Gasteiger partial charge in [0.25, 0.3) is 5.91 Å². The van der Waals surface area contributed by atoms with Crippen LogP contribution < -0.4 is 15.8 Å². The number of hydrogen-bond acceptors (Lipinski definition) is 4. The fourth-order valence-electron chi connectivity index (χ4n) is 3.18. The van der Waals surface area contributed by atoms with Crippen molar-refractivity contribution < 1.29 is 9.53 Å².